The van der Waals surface area contributed by atoms with Gasteiger partial charge >= 0.3 is 0 Å². The molecule has 0 spiro atoms. The fourth-order valence-corrected chi connectivity index (χ4v) is 3.23. The molecule has 0 bridgehead atoms. The van der Waals surface area contributed by atoms with E-state index in [1.807, 2.05) is 55.9 Å². The van der Waals surface area contributed by atoms with Gasteiger partial charge in [0.25, 0.3) is 5.91 Å². The van der Waals surface area contributed by atoms with Crippen LogP contribution in [0.4, 0.5) is 5.69 Å². The summed E-state index contributed by atoms with van der Waals surface area (Å²) in [5, 5.41) is 11.1. The van der Waals surface area contributed by atoms with E-state index in [-0.39, 0.29) is 5.91 Å². The zero-order valence-electron chi connectivity index (χ0n) is 16.7. The van der Waals surface area contributed by atoms with Crippen molar-refractivity contribution in [3.05, 3.63) is 82.1 Å². The highest BCUT2D eigenvalue weighted by molar-refractivity contribution is 6.31. The van der Waals surface area contributed by atoms with Crippen LogP contribution in [-0.4, -0.2) is 28.2 Å². The lowest BCUT2D eigenvalue weighted by Gasteiger charge is -2.12. The number of benzene rings is 2. The number of hydrogen-bond donors (Lipinski definition) is 2. The number of hydrogen-bond acceptors (Lipinski definition) is 3. The van der Waals surface area contributed by atoms with Crippen molar-refractivity contribution in [2.45, 2.75) is 20.3 Å². The van der Waals surface area contributed by atoms with Crippen LogP contribution in [-0.2, 0) is 13.5 Å². The van der Waals surface area contributed by atoms with Crippen molar-refractivity contribution in [1.29, 1.82) is 0 Å². The van der Waals surface area contributed by atoms with Gasteiger partial charge in [-0.25, -0.2) is 0 Å². The summed E-state index contributed by atoms with van der Waals surface area (Å²) in [7, 11) is 1.93. The lowest BCUT2D eigenvalue weighted by Crippen LogP contribution is -2.36. The molecule has 2 aromatic carbocycles. The number of carbonyl (C=O) groups excluding carboxylic acids is 1. The standard InChI is InChI=1S/C22H24ClN5O/c1-15-20(16(2)28(3)27-15)12-13-24-22(25-19-11-7-10-18(23)14-19)26-21(29)17-8-5-4-6-9-17/h4-11,14H,12-13H2,1-3H3,(H2,24,25,26,29). The molecule has 1 amide bonds. The Hall–Kier alpha value is -3.12. The molecule has 3 aromatic rings. The zero-order valence-corrected chi connectivity index (χ0v) is 17.5. The first-order valence-corrected chi connectivity index (χ1v) is 9.74. The third-order valence-corrected chi connectivity index (χ3v) is 4.88. The van der Waals surface area contributed by atoms with Crippen molar-refractivity contribution in [3.63, 3.8) is 0 Å². The second-order valence-corrected chi connectivity index (χ2v) is 7.15. The first kappa shape index (κ1) is 20.6. The number of aromatic nitrogens is 2. The molecule has 150 valence electrons. The molecule has 0 aliphatic carbocycles. The Bertz CT molecular complexity index is 1030. The lowest BCUT2D eigenvalue weighted by molar-refractivity contribution is 0.0977. The van der Waals surface area contributed by atoms with Gasteiger partial charge in [-0.1, -0.05) is 35.9 Å². The third kappa shape index (κ3) is 5.45. The number of carbonyl (C=O) groups is 1. The number of anilines is 1. The fourth-order valence-electron chi connectivity index (χ4n) is 3.04. The van der Waals surface area contributed by atoms with Crippen LogP contribution in [0.25, 0.3) is 0 Å². The van der Waals surface area contributed by atoms with E-state index < -0.39 is 0 Å². The van der Waals surface area contributed by atoms with E-state index in [9.17, 15) is 4.79 Å². The van der Waals surface area contributed by atoms with Crippen molar-refractivity contribution >= 4 is 29.2 Å². The van der Waals surface area contributed by atoms with Crippen molar-refractivity contribution in [1.82, 2.24) is 15.1 Å². The Morgan fingerprint density at radius 2 is 1.90 bits per heavy atom. The lowest BCUT2D eigenvalue weighted by atomic mass is 10.1. The molecule has 1 heterocycles. The average Bonchev–Trinajstić information content (AvgIpc) is 2.94. The SMILES string of the molecule is Cc1nn(C)c(C)c1CCN=C(NC(=O)c1ccccc1)Nc1cccc(Cl)c1. The Morgan fingerprint density at radius 1 is 1.14 bits per heavy atom. The van der Waals surface area contributed by atoms with E-state index in [0.717, 1.165) is 23.5 Å². The van der Waals surface area contributed by atoms with Gasteiger partial charge in [-0.15, -0.1) is 0 Å². The number of rotatable bonds is 5. The maximum atomic E-state index is 12.6. The van der Waals surface area contributed by atoms with Crippen LogP contribution in [0.2, 0.25) is 5.02 Å². The third-order valence-electron chi connectivity index (χ3n) is 4.65. The van der Waals surface area contributed by atoms with Crippen LogP contribution < -0.4 is 10.6 Å². The number of guanidine groups is 1. The highest BCUT2D eigenvalue weighted by Crippen LogP contribution is 2.15. The van der Waals surface area contributed by atoms with Crippen LogP contribution in [0.1, 0.15) is 27.3 Å². The molecular formula is C22H24ClN5O. The summed E-state index contributed by atoms with van der Waals surface area (Å²) in [4.78, 5) is 17.2. The van der Waals surface area contributed by atoms with Crippen molar-refractivity contribution in [3.8, 4) is 0 Å². The molecule has 0 aliphatic rings. The Morgan fingerprint density at radius 3 is 2.55 bits per heavy atom. The molecule has 7 heteroatoms. The van der Waals surface area contributed by atoms with Crippen molar-refractivity contribution in [2.24, 2.45) is 12.0 Å². The number of nitrogens with zero attached hydrogens (tertiary/aromatic N) is 3. The van der Waals surface area contributed by atoms with Crippen molar-refractivity contribution < 1.29 is 4.79 Å². The molecule has 2 N–H and O–H groups in total. The quantitative estimate of drug-likeness (QED) is 0.491. The van der Waals surface area contributed by atoms with E-state index in [2.05, 4.69) is 20.7 Å². The molecule has 3 rings (SSSR count). The Labute approximate surface area is 175 Å². The second-order valence-electron chi connectivity index (χ2n) is 6.71. The van der Waals surface area contributed by atoms with E-state index in [1.54, 1.807) is 24.3 Å². The highest BCUT2D eigenvalue weighted by Gasteiger charge is 2.11. The van der Waals surface area contributed by atoms with Crippen LogP contribution in [0, 0.1) is 13.8 Å². The van der Waals surface area contributed by atoms with Gasteiger partial charge in [-0.05, 0) is 56.2 Å². The molecule has 0 radical (unpaired) electrons. The second kappa shape index (κ2) is 9.39. The summed E-state index contributed by atoms with van der Waals surface area (Å²) in [6.07, 6.45) is 0.730. The van der Waals surface area contributed by atoms with Crippen LogP contribution >= 0.6 is 11.6 Å². The number of nitrogens with one attached hydrogen (secondary N) is 2. The zero-order chi connectivity index (χ0) is 20.8. The first-order valence-electron chi connectivity index (χ1n) is 9.36. The number of halogens is 1. The van der Waals surface area contributed by atoms with Gasteiger partial charge < -0.3 is 5.32 Å². The summed E-state index contributed by atoms with van der Waals surface area (Å²) >= 11 is 6.07. The molecule has 6 nitrogen and oxygen atoms in total. The van der Waals surface area contributed by atoms with Crippen LogP contribution in [0.3, 0.4) is 0 Å². The highest BCUT2D eigenvalue weighted by atomic mass is 35.5. The Kier molecular flexibility index (Phi) is 6.67. The van der Waals surface area contributed by atoms with Gasteiger partial charge in [0.15, 0.2) is 0 Å². The van der Waals surface area contributed by atoms with E-state index in [4.69, 9.17) is 11.6 Å². The monoisotopic (exact) mass is 409 g/mol. The molecule has 0 saturated heterocycles. The van der Waals surface area contributed by atoms with Crippen molar-refractivity contribution in [2.75, 3.05) is 11.9 Å². The smallest absolute Gasteiger partial charge is 0.257 e. The predicted molar refractivity (Wildman–Crippen MR) is 118 cm³/mol. The maximum absolute atomic E-state index is 12.6. The topological polar surface area (TPSA) is 71.3 Å². The summed E-state index contributed by atoms with van der Waals surface area (Å²) < 4.78 is 1.87. The number of aryl methyl sites for hydroxylation is 2. The van der Waals surface area contributed by atoms with Gasteiger partial charge in [-0.2, -0.15) is 5.10 Å². The summed E-state index contributed by atoms with van der Waals surface area (Å²) in [6, 6.07) is 16.3. The molecule has 0 fully saturated rings. The van der Waals surface area contributed by atoms with E-state index in [1.165, 1.54) is 5.56 Å². The van der Waals surface area contributed by atoms with Gasteiger partial charge in [0.1, 0.15) is 0 Å². The average molecular weight is 410 g/mol. The predicted octanol–water partition coefficient (Wildman–Crippen LogP) is 4.13. The molecule has 0 aliphatic heterocycles. The normalized spacial score (nSPS) is 11.4. The number of aliphatic imine (C=N–C) groups is 1. The molecule has 1 aromatic heterocycles. The minimum Gasteiger partial charge on any atom is -0.326 e. The molecular weight excluding hydrogens is 386 g/mol. The van der Waals surface area contributed by atoms with Crippen LogP contribution in [0.15, 0.2) is 59.6 Å². The molecule has 29 heavy (non-hydrogen) atoms. The Balaban J connectivity index is 1.77. The molecule has 0 atom stereocenters. The minimum absolute atomic E-state index is 0.229. The van der Waals surface area contributed by atoms with E-state index in [0.29, 0.717) is 23.1 Å². The van der Waals surface area contributed by atoms with Gasteiger partial charge in [0.2, 0.25) is 5.96 Å². The summed E-state index contributed by atoms with van der Waals surface area (Å²) in [5.74, 6) is 0.146. The van der Waals surface area contributed by atoms with Gasteiger partial charge in [-0.3, -0.25) is 19.8 Å². The largest absolute Gasteiger partial charge is 0.326 e. The van der Waals surface area contributed by atoms with Gasteiger partial charge in [0.05, 0.1) is 5.69 Å². The number of amides is 1. The first-order chi connectivity index (χ1) is 13.9. The summed E-state index contributed by atoms with van der Waals surface area (Å²) in [5.41, 5.74) is 4.60. The van der Waals surface area contributed by atoms with E-state index >= 15 is 0 Å². The van der Waals surface area contributed by atoms with Crippen LogP contribution in [0.5, 0.6) is 0 Å². The maximum Gasteiger partial charge on any atom is 0.257 e. The molecule has 0 saturated carbocycles. The minimum atomic E-state index is -0.229. The van der Waals surface area contributed by atoms with Gasteiger partial charge in [0, 0.05) is 35.6 Å². The molecule has 0 unspecified atom stereocenters. The summed E-state index contributed by atoms with van der Waals surface area (Å²) in [6.45, 7) is 4.54. The fraction of sp³-hybridized carbons (Fsp3) is 0.227.